The summed E-state index contributed by atoms with van der Waals surface area (Å²) in [6, 6.07) is 0. The van der Waals surface area contributed by atoms with Crippen LogP contribution in [0.4, 0.5) is 0 Å². The van der Waals surface area contributed by atoms with E-state index in [0.717, 1.165) is 32.1 Å². The highest BCUT2D eigenvalue weighted by atomic mass is 16.7. The lowest BCUT2D eigenvalue weighted by Crippen LogP contribution is -2.69. The zero-order valence-corrected chi connectivity index (χ0v) is 18.0. The van der Waals surface area contributed by atoms with Gasteiger partial charge in [-0.15, -0.1) is 0 Å². The molecular formula is C23H34O7. The first kappa shape index (κ1) is 19.2. The van der Waals surface area contributed by atoms with Crippen molar-refractivity contribution in [3.05, 3.63) is 0 Å². The summed E-state index contributed by atoms with van der Waals surface area (Å²) in [6.45, 7) is 6.86. The second-order valence-electron chi connectivity index (χ2n) is 11.6. The monoisotopic (exact) mass is 422 g/mol. The van der Waals surface area contributed by atoms with Crippen molar-refractivity contribution in [2.75, 3.05) is 26.4 Å². The molecule has 0 aromatic rings. The molecule has 7 heteroatoms. The average molecular weight is 423 g/mol. The number of aliphatic hydroxyl groups is 2. The van der Waals surface area contributed by atoms with Gasteiger partial charge < -0.3 is 33.9 Å². The normalized spacial score (nSPS) is 56.4. The summed E-state index contributed by atoms with van der Waals surface area (Å²) in [5.74, 6) is -2.67. The van der Waals surface area contributed by atoms with Crippen molar-refractivity contribution in [3.8, 4) is 0 Å². The van der Waals surface area contributed by atoms with Crippen LogP contribution < -0.4 is 0 Å². The second kappa shape index (κ2) is 5.44. The number of fused-ring (bicyclic) bond motifs is 5. The number of ether oxygens (including phenoxy) is 5. The Morgan fingerprint density at radius 2 is 1.50 bits per heavy atom. The Balaban J connectivity index is 1.29. The van der Waals surface area contributed by atoms with E-state index in [2.05, 4.69) is 13.8 Å². The quantitative estimate of drug-likeness (QED) is 0.455. The minimum absolute atomic E-state index is 0.147. The zero-order chi connectivity index (χ0) is 20.6. The van der Waals surface area contributed by atoms with Gasteiger partial charge in [0.1, 0.15) is 5.60 Å². The minimum Gasteiger partial charge on any atom is -0.365 e. The molecule has 4 saturated carbocycles. The van der Waals surface area contributed by atoms with Crippen LogP contribution in [0.25, 0.3) is 0 Å². The van der Waals surface area contributed by atoms with Crippen molar-refractivity contribution in [1.29, 1.82) is 0 Å². The largest absolute Gasteiger partial charge is 0.365 e. The number of rotatable bonds is 0. The van der Waals surface area contributed by atoms with E-state index in [1.165, 1.54) is 0 Å². The van der Waals surface area contributed by atoms with Crippen molar-refractivity contribution >= 4 is 0 Å². The standard InChI is InChI=1S/C23H34O7/c1-18-5-6-20(26-7-8-27-20)13-21(18)16(30-21)11-14-15-3-4-23(28-9-10-29-23)19(15,2)12-22(24,25)17(14)18/h14-17,24-25H,3-13H2,1-2H3/t14-,15-,16-,17-,18+,19-,21-/m0/s1. The average Bonchev–Trinajstić information content (AvgIpc) is 3.05. The fourth-order valence-corrected chi connectivity index (χ4v) is 9.50. The summed E-state index contributed by atoms with van der Waals surface area (Å²) >= 11 is 0. The molecule has 4 aliphatic carbocycles. The number of hydrogen-bond acceptors (Lipinski definition) is 7. The van der Waals surface area contributed by atoms with Gasteiger partial charge in [-0.05, 0) is 31.1 Å². The van der Waals surface area contributed by atoms with Crippen LogP contribution in [-0.2, 0) is 23.7 Å². The summed E-state index contributed by atoms with van der Waals surface area (Å²) < 4.78 is 30.9. The molecule has 7 rings (SSSR count). The molecule has 0 aromatic heterocycles. The SMILES string of the molecule is C[C@]12CC(O)(O)[C@H]3[C@@H](C[C@@H]4O[C@@]45CC4(CC[C@]35C)OCCO4)[C@@H]1CCC21OCCO1. The summed E-state index contributed by atoms with van der Waals surface area (Å²) in [7, 11) is 0. The molecule has 7 fully saturated rings. The molecule has 3 aliphatic heterocycles. The maximum absolute atomic E-state index is 11.6. The van der Waals surface area contributed by atoms with Crippen LogP contribution in [0.5, 0.6) is 0 Å². The topological polar surface area (TPSA) is 89.9 Å². The van der Waals surface area contributed by atoms with Gasteiger partial charge in [0.25, 0.3) is 0 Å². The van der Waals surface area contributed by atoms with E-state index in [4.69, 9.17) is 23.7 Å². The minimum atomic E-state index is -1.77. The summed E-state index contributed by atoms with van der Waals surface area (Å²) in [5, 5.41) is 23.3. The van der Waals surface area contributed by atoms with E-state index in [1.807, 2.05) is 0 Å². The zero-order valence-electron chi connectivity index (χ0n) is 18.0. The molecule has 3 saturated heterocycles. The van der Waals surface area contributed by atoms with Crippen LogP contribution >= 0.6 is 0 Å². The molecule has 0 aromatic carbocycles. The molecule has 0 amide bonds. The van der Waals surface area contributed by atoms with Gasteiger partial charge in [0.2, 0.25) is 0 Å². The Kier molecular flexibility index (Phi) is 3.48. The lowest BCUT2D eigenvalue weighted by atomic mass is 9.42. The first-order valence-corrected chi connectivity index (χ1v) is 11.9. The Hall–Kier alpha value is -0.280. The Morgan fingerprint density at radius 1 is 0.800 bits per heavy atom. The van der Waals surface area contributed by atoms with Crippen LogP contribution in [0.2, 0.25) is 0 Å². The van der Waals surface area contributed by atoms with Gasteiger partial charge >= 0.3 is 0 Å². The summed E-state index contributed by atoms with van der Waals surface area (Å²) in [5.41, 5.74) is -1.07. The number of epoxide rings is 1. The highest BCUT2D eigenvalue weighted by Crippen LogP contribution is 2.77. The first-order chi connectivity index (χ1) is 14.2. The molecule has 0 radical (unpaired) electrons. The Morgan fingerprint density at radius 3 is 2.23 bits per heavy atom. The first-order valence-electron chi connectivity index (χ1n) is 11.9. The molecule has 3 heterocycles. The van der Waals surface area contributed by atoms with Crippen LogP contribution in [0, 0.1) is 28.6 Å². The predicted molar refractivity (Wildman–Crippen MR) is 103 cm³/mol. The third kappa shape index (κ3) is 1.99. The second-order valence-corrected chi connectivity index (χ2v) is 11.6. The van der Waals surface area contributed by atoms with Gasteiger partial charge in [-0.25, -0.2) is 0 Å². The van der Waals surface area contributed by atoms with E-state index < -0.39 is 22.8 Å². The van der Waals surface area contributed by atoms with E-state index in [1.54, 1.807) is 0 Å². The van der Waals surface area contributed by atoms with Crippen LogP contribution in [-0.4, -0.2) is 65.7 Å². The Bertz CT molecular complexity index is 772. The maximum Gasteiger partial charge on any atom is 0.174 e. The molecule has 0 unspecified atom stereocenters. The van der Waals surface area contributed by atoms with Crippen molar-refractivity contribution in [2.24, 2.45) is 28.6 Å². The highest BCUT2D eigenvalue weighted by Gasteiger charge is 2.82. The van der Waals surface area contributed by atoms with Gasteiger partial charge in [0.15, 0.2) is 17.4 Å². The Labute approximate surface area is 177 Å². The molecule has 7 nitrogen and oxygen atoms in total. The van der Waals surface area contributed by atoms with Gasteiger partial charge in [-0.1, -0.05) is 13.8 Å². The van der Waals surface area contributed by atoms with Gasteiger partial charge in [-0.3, -0.25) is 0 Å². The van der Waals surface area contributed by atoms with Crippen LogP contribution in [0.1, 0.15) is 58.8 Å². The fraction of sp³-hybridized carbons (Fsp3) is 1.00. The third-order valence-electron chi connectivity index (χ3n) is 10.6. The smallest absolute Gasteiger partial charge is 0.174 e. The molecule has 30 heavy (non-hydrogen) atoms. The molecular weight excluding hydrogens is 388 g/mol. The molecule has 168 valence electrons. The van der Waals surface area contributed by atoms with E-state index in [-0.39, 0.29) is 29.0 Å². The van der Waals surface area contributed by atoms with Gasteiger partial charge in [-0.2, -0.15) is 0 Å². The van der Waals surface area contributed by atoms with E-state index >= 15 is 0 Å². The maximum atomic E-state index is 11.6. The van der Waals surface area contributed by atoms with Crippen molar-refractivity contribution in [2.45, 2.75) is 87.9 Å². The molecule has 7 aliphatic rings. The number of hydrogen-bond donors (Lipinski definition) is 2. The van der Waals surface area contributed by atoms with E-state index in [0.29, 0.717) is 45.2 Å². The molecule has 0 bridgehead atoms. The molecule has 7 atom stereocenters. The van der Waals surface area contributed by atoms with Crippen LogP contribution in [0.3, 0.4) is 0 Å². The lowest BCUT2D eigenvalue weighted by molar-refractivity contribution is -0.344. The van der Waals surface area contributed by atoms with Gasteiger partial charge in [0.05, 0.1) is 32.5 Å². The fourth-order valence-electron chi connectivity index (χ4n) is 9.50. The lowest BCUT2D eigenvalue weighted by Gasteiger charge is -2.64. The predicted octanol–water partition coefficient (Wildman–Crippen LogP) is 1.94. The highest BCUT2D eigenvalue weighted by molar-refractivity contribution is 5.28. The molecule has 3 spiro atoms. The summed E-state index contributed by atoms with van der Waals surface area (Å²) in [4.78, 5) is 0. The van der Waals surface area contributed by atoms with Gasteiger partial charge in [0, 0.05) is 42.4 Å². The van der Waals surface area contributed by atoms with Crippen molar-refractivity contribution in [1.82, 2.24) is 0 Å². The van der Waals surface area contributed by atoms with Crippen molar-refractivity contribution in [3.63, 3.8) is 0 Å². The van der Waals surface area contributed by atoms with Crippen molar-refractivity contribution < 1.29 is 33.9 Å². The molecule has 2 N–H and O–H groups in total. The van der Waals surface area contributed by atoms with E-state index in [9.17, 15) is 10.2 Å². The summed E-state index contributed by atoms with van der Waals surface area (Å²) in [6.07, 6.45) is 5.49. The van der Waals surface area contributed by atoms with Crippen LogP contribution in [0.15, 0.2) is 0 Å². The third-order valence-corrected chi connectivity index (χ3v) is 10.6.